The predicted octanol–water partition coefficient (Wildman–Crippen LogP) is 6.55. The summed E-state index contributed by atoms with van der Waals surface area (Å²) in [5, 5.41) is 21.9. The molecule has 52 heavy (non-hydrogen) atoms. The Bertz CT molecular complexity index is 2160. The van der Waals surface area contributed by atoms with Gasteiger partial charge in [0.15, 0.2) is 16.6 Å². The van der Waals surface area contributed by atoms with E-state index in [0.29, 0.717) is 34.3 Å². The number of nitrogens with one attached hydrogen (secondary N) is 1. The summed E-state index contributed by atoms with van der Waals surface area (Å²) in [6.45, 7) is 11.9. The Balaban J connectivity index is 1.17. The normalized spacial score (nSPS) is 15.2. The Hall–Kier alpha value is -4.93. The van der Waals surface area contributed by atoms with Crippen LogP contribution in [0.5, 0.6) is 0 Å². The summed E-state index contributed by atoms with van der Waals surface area (Å²) in [6.07, 6.45) is 0.689. The summed E-state index contributed by atoms with van der Waals surface area (Å²) in [6, 6.07) is 34.0. The van der Waals surface area contributed by atoms with Gasteiger partial charge in [-0.05, 0) is 58.2 Å². The molecule has 9 nitrogen and oxygen atoms in total. The van der Waals surface area contributed by atoms with E-state index in [9.17, 15) is 9.65 Å². The lowest BCUT2D eigenvalue weighted by molar-refractivity contribution is 0.242. The van der Waals surface area contributed by atoms with Gasteiger partial charge in [-0.25, -0.2) is 14.4 Å². The Kier molecular flexibility index (Phi) is 9.95. The molecular formula is C40H43FN8OSSi. The number of hydrogen-bond donors (Lipinski definition) is 1. The zero-order chi connectivity index (χ0) is 36.5. The first kappa shape index (κ1) is 35.5. The second-order valence-electron chi connectivity index (χ2n) is 14.1. The van der Waals surface area contributed by atoms with Crippen LogP contribution in [0.15, 0.2) is 97.1 Å². The molecule has 0 amide bonds. The molecule has 1 fully saturated rings. The molecule has 4 heterocycles. The summed E-state index contributed by atoms with van der Waals surface area (Å²) in [5.41, 5.74) is 2.83. The number of imidazole rings is 1. The molecule has 1 aliphatic rings. The van der Waals surface area contributed by atoms with E-state index in [1.165, 1.54) is 33.8 Å². The third-order valence-electron chi connectivity index (χ3n) is 9.78. The SMILES string of the molecule is CCc1nc2ccc(N3CCNC(CO[Si](c4ccccc4)(c4ccccc4)C(C)(C)C)C3)nn2c1N(C)c1nc(-c2ccc(F)cc2)c(C#N)s1. The van der Waals surface area contributed by atoms with Crippen molar-refractivity contribution in [3.05, 3.63) is 113 Å². The lowest BCUT2D eigenvalue weighted by Gasteiger charge is -2.44. The number of halogens is 1. The van der Waals surface area contributed by atoms with Crippen molar-refractivity contribution < 1.29 is 8.82 Å². The molecule has 0 aliphatic carbocycles. The van der Waals surface area contributed by atoms with Gasteiger partial charge < -0.3 is 19.5 Å². The molecule has 1 unspecified atom stereocenters. The summed E-state index contributed by atoms with van der Waals surface area (Å²) in [5.74, 6) is 1.31. The molecule has 12 heteroatoms. The molecule has 1 saturated heterocycles. The van der Waals surface area contributed by atoms with Gasteiger partial charge in [-0.1, -0.05) is 99.7 Å². The second-order valence-corrected chi connectivity index (χ2v) is 19.4. The maximum Gasteiger partial charge on any atom is 0.261 e. The van der Waals surface area contributed by atoms with Gasteiger partial charge in [-0.2, -0.15) is 9.78 Å². The third kappa shape index (κ3) is 6.61. The number of benzene rings is 3. The van der Waals surface area contributed by atoms with Crippen LogP contribution in [0.1, 0.15) is 38.3 Å². The second kappa shape index (κ2) is 14.6. The van der Waals surface area contributed by atoms with Crippen molar-refractivity contribution in [1.29, 1.82) is 5.26 Å². The van der Waals surface area contributed by atoms with E-state index in [1.54, 1.807) is 12.1 Å². The van der Waals surface area contributed by atoms with Crippen molar-refractivity contribution in [2.75, 3.05) is 43.1 Å². The summed E-state index contributed by atoms with van der Waals surface area (Å²) < 4.78 is 22.8. The maximum absolute atomic E-state index is 13.7. The van der Waals surface area contributed by atoms with Gasteiger partial charge in [0.2, 0.25) is 0 Å². The monoisotopic (exact) mass is 730 g/mol. The van der Waals surface area contributed by atoms with E-state index in [4.69, 9.17) is 19.5 Å². The fraction of sp³-hybridized carbons (Fsp3) is 0.300. The number of thiazole rings is 1. The van der Waals surface area contributed by atoms with Crippen LogP contribution in [0.2, 0.25) is 5.04 Å². The van der Waals surface area contributed by atoms with E-state index in [2.05, 4.69) is 105 Å². The number of aryl methyl sites for hydroxylation is 1. The Labute approximate surface area is 309 Å². The number of aromatic nitrogens is 4. The van der Waals surface area contributed by atoms with Gasteiger partial charge in [0, 0.05) is 38.3 Å². The van der Waals surface area contributed by atoms with Gasteiger partial charge in [0.25, 0.3) is 8.32 Å². The third-order valence-corrected chi connectivity index (χ3v) is 15.8. The Morgan fingerprint density at radius 3 is 2.27 bits per heavy atom. The van der Waals surface area contributed by atoms with E-state index in [0.717, 1.165) is 42.6 Å². The van der Waals surface area contributed by atoms with Crippen LogP contribution >= 0.6 is 11.3 Å². The number of nitriles is 1. The van der Waals surface area contributed by atoms with Crippen molar-refractivity contribution in [3.8, 4) is 17.3 Å². The first-order valence-electron chi connectivity index (χ1n) is 17.7. The van der Waals surface area contributed by atoms with Crippen LogP contribution in [-0.2, 0) is 10.8 Å². The van der Waals surface area contributed by atoms with Gasteiger partial charge in [-0.3, -0.25) is 0 Å². The fourth-order valence-corrected chi connectivity index (χ4v) is 12.7. The van der Waals surface area contributed by atoms with Gasteiger partial charge in [-0.15, -0.1) is 5.10 Å². The lowest BCUT2D eigenvalue weighted by atomic mass is 10.1. The number of anilines is 3. The minimum Gasteiger partial charge on any atom is -0.406 e. The number of fused-ring (bicyclic) bond motifs is 1. The van der Waals surface area contributed by atoms with Crippen molar-refractivity contribution in [2.45, 2.75) is 45.2 Å². The minimum atomic E-state index is -2.69. The number of piperazine rings is 1. The fourth-order valence-electron chi connectivity index (χ4n) is 7.25. The Morgan fingerprint density at radius 1 is 0.981 bits per heavy atom. The van der Waals surface area contributed by atoms with E-state index in [1.807, 2.05) is 28.6 Å². The average Bonchev–Trinajstić information content (AvgIpc) is 3.77. The molecule has 7 rings (SSSR count). The summed E-state index contributed by atoms with van der Waals surface area (Å²) >= 11 is 1.29. The van der Waals surface area contributed by atoms with Crippen LogP contribution in [0, 0.1) is 17.1 Å². The average molecular weight is 731 g/mol. The highest BCUT2D eigenvalue weighted by Crippen LogP contribution is 2.38. The van der Waals surface area contributed by atoms with Crippen molar-refractivity contribution in [2.24, 2.45) is 0 Å². The van der Waals surface area contributed by atoms with E-state index >= 15 is 0 Å². The zero-order valence-corrected chi connectivity index (χ0v) is 32.0. The van der Waals surface area contributed by atoms with Crippen LogP contribution in [0.4, 0.5) is 21.2 Å². The molecule has 0 radical (unpaired) electrons. The quantitative estimate of drug-likeness (QED) is 0.159. The number of hydrogen-bond acceptors (Lipinski definition) is 9. The standard InChI is InChI=1S/C40H43FN8OSSi/c1-6-33-38(47(5)39-45-37(34(25-42)51-39)28-17-19-29(41)20-18-28)49-35(44-33)21-22-36(46-49)48-24-23-43-30(26-48)27-50-52(40(2,3)4,31-13-9-7-10-14-31)32-15-11-8-12-16-32/h7-22,30,43H,6,23-24,26-27H2,1-5H3. The molecule has 3 aromatic heterocycles. The Morgan fingerprint density at radius 2 is 1.65 bits per heavy atom. The van der Waals surface area contributed by atoms with Crippen molar-refractivity contribution in [1.82, 2.24) is 24.9 Å². The highest BCUT2D eigenvalue weighted by atomic mass is 32.1. The van der Waals surface area contributed by atoms with Crippen LogP contribution in [-0.4, -0.2) is 67.2 Å². The largest absolute Gasteiger partial charge is 0.406 e. The molecule has 1 N–H and O–H groups in total. The van der Waals surface area contributed by atoms with Crippen molar-refractivity contribution >= 4 is 52.4 Å². The first-order valence-corrected chi connectivity index (χ1v) is 20.4. The van der Waals surface area contributed by atoms with Crippen LogP contribution in [0.25, 0.3) is 16.9 Å². The van der Waals surface area contributed by atoms with E-state index in [-0.39, 0.29) is 16.9 Å². The molecule has 1 atom stereocenters. The van der Waals surface area contributed by atoms with Gasteiger partial charge in [0.1, 0.15) is 28.3 Å². The van der Waals surface area contributed by atoms with Crippen molar-refractivity contribution in [3.63, 3.8) is 0 Å². The number of rotatable bonds is 10. The van der Waals surface area contributed by atoms with Crippen LogP contribution < -0.4 is 25.5 Å². The van der Waals surface area contributed by atoms with E-state index < -0.39 is 8.32 Å². The smallest absolute Gasteiger partial charge is 0.261 e. The first-order chi connectivity index (χ1) is 25.1. The lowest BCUT2D eigenvalue weighted by Crippen LogP contribution is -2.68. The summed E-state index contributed by atoms with van der Waals surface area (Å²) in [4.78, 5) is 14.5. The van der Waals surface area contributed by atoms with Gasteiger partial charge in [0.05, 0.1) is 12.3 Å². The molecule has 0 saturated carbocycles. The highest BCUT2D eigenvalue weighted by Gasteiger charge is 2.50. The topological polar surface area (TPSA) is 94.6 Å². The molecule has 6 aromatic rings. The highest BCUT2D eigenvalue weighted by molar-refractivity contribution is 7.16. The number of nitrogens with zero attached hydrogens (tertiary/aromatic N) is 7. The molecule has 3 aromatic carbocycles. The predicted molar refractivity (Wildman–Crippen MR) is 210 cm³/mol. The summed E-state index contributed by atoms with van der Waals surface area (Å²) in [7, 11) is -0.763. The molecule has 0 spiro atoms. The minimum absolute atomic E-state index is 0.0913. The molecular weight excluding hydrogens is 688 g/mol. The van der Waals surface area contributed by atoms with Gasteiger partial charge >= 0.3 is 0 Å². The van der Waals surface area contributed by atoms with Crippen LogP contribution in [0.3, 0.4) is 0 Å². The zero-order valence-electron chi connectivity index (χ0n) is 30.2. The maximum atomic E-state index is 13.7. The molecule has 1 aliphatic heterocycles. The molecule has 266 valence electrons. The molecule has 0 bridgehead atoms.